The second kappa shape index (κ2) is 12.0. The third-order valence-corrected chi connectivity index (χ3v) is 4.45. The molecule has 0 aromatic carbocycles. The predicted molar refractivity (Wildman–Crippen MR) is 105 cm³/mol. The fourth-order valence-corrected chi connectivity index (χ4v) is 3.04. The quantitative estimate of drug-likeness (QED) is 0.479. The fraction of sp³-hybridized carbons (Fsp3) is 0.950. The zero-order chi connectivity index (χ0) is 17.9. The zero-order valence-corrected chi connectivity index (χ0v) is 16.9. The van der Waals surface area contributed by atoms with Crippen LogP contribution in [0, 0.1) is 11.8 Å². The maximum absolute atomic E-state index is 6.33. The Balaban J connectivity index is 4.95. The Bertz CT molecular complexity index is 300. The van der Waals surface area contributed by atoms with Crippen LogP contribution in [0.1, 0.15) is 87.0 Å². The van der Waals surface area contributed by atoms with Crippen molar-refractivity contribution in [3.8, 4) is 0 Å². The summed E-state index contributed by atoms with van der Waals surface area (Å²) in [7, 11) is 0. The summed E-state index contributed by atoms with van der Waals surface area (Å²) in [5.41, 5.74) is 6.21. The molecule has 1 unspecified atom stereocenters. The van der Waals surface area contributed by atoms with Crippen molar-refractivity contribution in [2.75, 3.05) is 13.2 Å². The Morgan fingerprint density at radius 3 is 2.17 bits per heavy atom. The van der Waals surface area contributed by atoms with Gasteiger partial charge in [-0.05, 0) is 57.8 Å². The van der Waals surface area contributed by atoms with Crippen molar-refractivity contribution < 1.29 is 0 Å². The molecule has 3 nitrogen and oxygen atoms in total. The summed E-state index contributed by atoms with van der Waals surface area (Å²) in [5, 5.41) is 0. The molecule has 0 aromatic rings. The average Bonchev–Trinajstić information content (AvgIpc) is 2.44. The minimum absolute atomic E-state index is 0.122. The molecule has 0 aliphatic carbocycles. The van der Waals surface area contributed by atoms with E-state index in [1.807, 2.05) is 0 Å². The molecule has 2 N–H and O–H groups in total. The van der Waals surface area contributed by atoms with Crippen LogP contribution >= 0.6 is 0 Å². The molecule has 3 heteroatoms. The Hall–Kier alpha value is -0.410. The Morgan fingerprint density at radius 1 is 1.13 bits per heavy atom. The van der Waals surface area contributed by atoms with E-state index in [4.69, 9.17) is 10.7 Å². The standard InChI is InChI=1S/C20H43N3/c1-8-11-12-23(16-22-15-18(9-2)10-3)19(13-17(4)5)14-20(6,7)21/h15,17-19H,8-14,16,21H2,1-7H3/b22-15+. The van der Waals surface area contributed by atoms with Crippen LogP contribution in [0.25, 0.3) is 0 Å². The van der Waals surface area contributed by atoms with Crippen LogP contribution in [0.3, 0.4) is 0 Å². The van der Waals surface area contributed by atoms with Crippen LogP contribution in [0.2, 0.25) is 0 Å². The van der Waals surface area contributed by atoms with Gasteiger partial charge in [0.2, 0.25) is 0 Å². The summed E-state index contributed by atoms with van der Waals surface area (Å²) in [6, 6.07) is 0.528. The van der Waals surface area contributed by atoms with Crippen molar-refractivity contribution in [1.29, 1.82) is 0 Å². The second-order valence-corrected chi connectivity index (χ2v) is 8.19. The van der Waals surface area contributed by atoms with Gasteiger partial charge in [0.05, 0.1) is 6.67 Å². The van der Waals surface area contributed by atoms with Gasteiger partial charge in [-0.3, -0.25) is 9.89 Å². The molecule has 0 amide bonds. The van der Waals surface area contributed by atoms with Gasteiger partial charge in [-0.15, -0.1) is 0 Å². The first-order valence-corrected chi connectivity index (χ1v) is 9.76. The van der Waals surface area contributed by atoms with E-state index in [1.165, 1.54) is 32.1 Å². The molecule has 0 heterocycles. The second-order valence-electron chi connectivity index (χ2n) is 8.19. The summed E-state index contributed by atoms with van der Waals surface area (Å²) >= 11 is 0. The number of aliphatic imine (C=N–C) groups is 1. The number of nitrogens with two attached hydrogens (primary N) is 1. The van der Waals surface area contributed by atoms with E-state index in [-0.39, 0.29) is 5.54 Å². The lowest BCUT2D eigenvalue weighted by Crippen LogP contribution is -2.45. The lowest BCUT2D eigenvalue weighted by molar-refractivity contribution is 0.147. The molecule has 0 saturated carbocycles. The van der Waals surface area contributed by atoms with Gasteiger partial charge in [-0.25, -0.2) is 0 Å². The van der Waals surface area contributed by atoms with Crippen LogP contribution < -0.4 is 5.73 Å². The molecular formula is C20H43N3. The monoisotopic (exact) mass is 325 g/mol. The van der Waals surface area contributed by atoms with Gasteiger partial charge in [0.1, 0.15) is 0 Å². The third kappa shape index (κ3) is 11.7. The van der Waals surface area contributed by atoms with Crippen LogP contribution in [0.15, 0.2) is 4.99 Å². The minimum atomic E-state index is -0.122. The third-order valence-electron chi connectivity index (χ3n) is 4.45. The van der Waals surface area contributed by atoms with E-state index in [0.717, 1.165) is 19.6 Å². The first kappa shape index (κ1) is 22.6. The summed E-state index contributed by atoms with van der Waals surface area (Å²) in [4.78, 5) is 7.35. The van der Waals surface area contributed by atoms with Crippen LogP contribution in [0.5, 0.6) is 0 Å². The number of rotatable bonds is 13. The molecule has 1 atom stereocenters. The lowest BCUT2D eigenvalue weighted by atomic mass is 9.90. The van der Waals surface area contributed by atoms with Gasteiger partial charge < -0.3 is 5.73 Å². The Labute approximate surface area is 146 Å². The number of hydrogen-bond acceptors (Lipinski definition) is 3. The first-order valence-electron chi connectivity index (χ1n) is 9.76. The zero-order valence-electron chi connectivity index (χ0n) is 16.9. The molecule has 23 heavy (non-hydrogen) atoms. The molecule has 0 aliphatic rings. The molecule has 0 fully saturated rings. The molecule has 0 rings (SSSR count). The van der Waals surface area contributed by atoms with E-state index in [9.17, 15) is 0 Å². The van der Waals surface area contributed by atoms with Crippen molar-refractivity contribution in [3.05, 3.63) is 0 Å². The van der Waals surface area contributed by atoms with Gasteiger partial charge >= 0.3 is 0 Å². The van der Waals surface area contributed by atoms with Crippen molar-refractivity contribution in [3.63, 3.8) is 0 Å². The number of hydrogen-bond donors (Lipinski definition) is 1. The molecule has 0 aromatic heterocycles. The summed E-state index contributed by atoms with van der Waals surface area (Å²) in [6.07, 6.45) is 9.24. The van der Waals surface area contributed by atoms with Gasteiger partial charge in [0.15, 0.2) is 0 Å². The van der Waals surface area contributed by atoms with Gasteiger partial charge in [-0.2, -0.15) is 0 Å². The molecule has 0 aliphatic heterocycles. The van der Waals surface area contributed by atoms with Gasteiger partial charge in [-0.1, -0.05) is 41.0 Å². The highest BCUT2D eigenvalue weighted by Crippen LogP contribution is 2.21. The molecular weight excluding hydrogens is 282 g/mol. The van der Waals surface area contributed by atoms with Crippen molar-refractivity contribution >= 4 is 6.21 Å². The summed E-state index contributed by atoms with van der Waals surface area (Å²) < 4.78 is 0. The van der Waals surface area contributed by atoms with E-state index < -0.39 is 0 Å². The minimum Gasteiger partial charge on any atom is -0.326 e. The highest BCUT2D eigenvalue weighted by atomic mass is 15.2. The van der Waals surface area contributed by atoms with E-state index in [1.54, 1.807) is 0 Å². The molecule has 0 spiro atoms. The maximum Gasteiger partial charge on any atom is 0.0908 e. The average molecular weight is 326 g/mol. The van der Waals surface area contributed by atoms with E-state index >= 15 is 0 Å². The normalized spacial score (nSPS) is 14.6. The summed E-state index contributed by atoms with van der Waals surface area (Å²) in [6.45, 7) is 17.6. The van der Waals surface area contributed by atoms with Gasteiger partial charge in [0, 0.05) is 24.3 Å². The Kier molecular flexibility index (Phi) is 11.8. The largest absolute Gasteiger partial charge is 0.326 e. The van der Waals surface area contributed by atoms with Crippen LogP contribution in [0.4, 0.5) is 0 Å². The highest BCUT2D eigenvalue weighted by molar-refractivity contribution is 5.60. The number of unbranched alkanes of at least 4 members (excludes halogenated alkanes) is 1. The first-order chi connectivity index (χ1) is 10.7. The smallest absolute Gasteiger partial charge is 0.0908 e. The van der Waals surface area contributed by atoms with Crippen molar-refractivity contribution in [2.24, 2.45) is 22.6 Å². The van der Waals surface area contributed by atoms with Crippen molar-refractivity contribution in [2.45, 2.75) is 98.6 Å². The SMILES string of the molecule is CCCCN(C/N=C/C(CC)CC)C(CC(C)C)CC(C)(C)N. The topological polar surface area (TPSA) is 41.6 Å². The van der Waals surface area contributed by atoms with Crippen LogP contribution in [-0.2, 0) is 0 Å². The predicted octanol–water partition coefficient (Wildman–Crippen LogP) is 5.10. The molecule has 138 valence electrons. The highest BCUT2D eigenvalue weighted by Gasteiger charge is 2.25. The summed E-state index contributed by atoms with van der Waals surface area (Å²) in [5.74, 6) is 1.31. The molecule has 0 bridgehead atoms. The van der Waals surface area contributed by atoms with E-state index in [2.05, 4.69) is 59.6 Å². The maximum atomic E-state index is 6.33. The fourth-order valence-electron chi connectivity index (χ4n) is 3.04. The van der Waals surface area contributed by atoms with Gasteiger partial charge in [0.25, 0.3) is 0 Å². The van der Waals surface area contributed by atoms with Crippen molar-refractivity contribution in [1.82, 2.24) is 4.90 Å². The lowest BCUT2D eigenvalue weighted by Gasteiger charge is -2.36. The van der Waals surface area contributed by atoms with E-state index in [0.29, 0.717) is 17.9 Å². The Morgan fingerprint density at radius 2 is 1.74 bits per heavy atom. The van der Waals surface area contributed by atoms with Crippen LogP contribution in [-0.4, -0.2) is 35.9 Å². The number of nitrogens with zero attached hydrogens (tertiary/aromatic N) is 2. The molecule has 0 saturated heterocycles. The molecule has 0 radical (unpaired) electrons.